The van der Waals surface area contributed by atoms with Gasteiger partial charge in [-0.25, -0.2) is 0 Å². The SMILES string of the molecule is CC(c1ccc(O)cc1)(c1ccc(O)cc1)c1ccc(C(c2ccccc2)(c2ccccc2)c2ccc(O)cc2)cc1. The highest BCUT2D eigenvalue weighted by Gasteiger charge is 2.39. The van der Waals surface area contributed by atoms with E-state index in [1.54, 1.807) is 36.4 Å². The number of aromatic hydroxyl groups is 3. The van der Waals surface area contributed by atoms with E-state index >= 15 is 0 Å². The molecule has 0 spiro atoms. The third kappa shape index (κ3) is 4.59. The van der Waals surface area contributed by atoms with Crippen molar-refractivity contribution >= 4 is 0 Å². The Hall–Kier alpha value is -5.28. The van der Waals surface area contributed by atoms with Crippen LogP contribution in [0, 0.1) is 0 Å². The topological polar surface area (TPSA) is 60.7 Å². The molecule has 0 aliphatic heterocycles. The lowest BCUT2D eigenvalue weighted by atomic mass is 9.64. The smallest absolute Gasteiger partial charge is 0.115 e. The van der Waals surface area contributed by atoms with Crippen LogP contribution < -0.4 is 0 Å². The van der Waals surface area contributed by atoms with Crippen molar-refractivity contribution in [3.05, 3.63) is 197 Å². The summed E-state index contributed by atoms with van der Waals surface area (Å²) in [6.45, 7) is 2.17. The molecule has 206 valence electrons. The highest BCUT2D eigenvalue weighted by molar-refractivity contribution is 5.61. The number of phenolic OH excluding ortho intramolecular Hbond substituents is 3. The fourth-order valence-electron chi connectivity index (χ4n) is 6.23. The van der Waals surface area contributed by atoms with Crippen LogP contribution in [-0.4, -0.2) is 15.3 Å². The molecule has 0 aliphatic rings. The van der Waals surface area contributed by atoms with Crippen LogP contribution in [0.5, 0.6) is 17.2 Å². The van der Waals surface area contributed by atoms with E-state index in [1.807, 2.05) is 48.5 Å². The lowest BCUT2D eigenvalue weighted by molar-refractivity contribution is 0.473. The van der Waals surface area contributed by atoms with E-state index in [0.717, 1.165) is 38.9 Å². The van der Waals surface area contributed by atoms with Gasteiger partial charge in [0.2, 0.25) is 0 Å². The van der Waals surface area contributed by atoms with E-state index in [1.165, 1.54) is 0 Å². The van der Waals surface area contributed by atoms with Crippen molar-refractivity contribution in [1.29, 1.82) is 0 Å². The molecule has 0 atom stereocenters. The molecule has 3 N–H and O–H groups in total. The van der Waals surface area contributed by atoms with Gasteiger partial charge < -0.3 is 15.3 Å². The first-order valence-electron chi connectivity index (χ1n) is 14.0. The molecule has 0 fully saturated rings. The van der Waals surface area contributed by atoms with E-state index in [9.17, 15) is 15.3 Å². The standard InChI is InChI=1S/C39H32O3/c1-38(29-16-22-35(40)23-17-29,30-18-24-36(41)25-19-30)28-12-14-33(15-13-28)39(31-8-4-2-5-9-31,32-10-6-3-7-11-32)34-20-26-37(42)27-21-34/h2-27,40-42H,1H3. The molecule has 0 heterocycles. The minimum Gasteiger partial charge on any atom is -0.508 e. The molecule has 3 nitrogen and oxygen atoms in total. The molecule has 0 aromatic heterocycles. The van der Waals surface area contributed by atoms with Gasteiger partial charge in [0.1, 0.15) is 17.2 Å². The molecule has 3 heteroatoms. The summed E-state index contributed by atoms with van der Waals surface area (Å²) in [6.07, 6.45) is 0. The van der Waals surface area contributed by atoms with Gasteiger partial charge in [0.05, 0.1) is 5.41 Å². The Labute approximate surface area is 246 Å². The normalized spacial score (nSPS) is 11.7. The van der Waals surface area contributed by atoms with E-state index in [4.69, 9.17) is 0 Å². The number of rotatable bonds is 7. The van der Waals surface area contributed by atoms with Crippen LogP contribution >= 0.6 is 0 Å². The summed E-state index contributed by atoms with van der Waals surface area (Å²) in [5.41, 5.74) is 6.30. The van der Waals surface area contributed by atoms with Crippen molar-refractivity contribution in [1.82, 2.24) is 0 Å². The Morgan fingerprint density at radius 1 is 0.310 bits per heavy atom. The molecule has 0 aliphatic carbocycles. The van der Waals surface area contributed by atoms with Crippen LogP contribution in [0.1, 0.15) is 45.9 Å². The van der Waals surface area contributed by atoms with Gasteiger partial charge in [-0.15, -0.1) is 0 Å². The van der Waals surface area contributed by atoms with Crippen molar-refractivity contribution in [2.45, 2.75) is 17.8 Å². The van der Waals surface area contributed by atoms with Crippen LogP contribution in [0.15, 0.2) is 158 Å². The molecular formula is C39H32O3. The number of hydrogen-bond acceptors (Lipinski definition) is 3. The fraction of sp³-hybridized carbons (Fsp3) is 0.0769. The Morgan fingerprint density at radius 2 is 0.548 bits per heavy atom. The predicted octanol–water partition coefficient (Wildman–Crippen LogP) is 8.54. The maximum Gasteiger partial charge on any atom is 0.115 e. The molecule has 0 radical (unpaired) electrons. The Bertz CT molecular complexity index is 1670. The molecule has 0 unspecified atom stereocenters. The van der Waals surface area contributed by atoms with Crippen LogP contribution in [-0.2, 0) is 10.8 Å². The molecule has 6 aromatic rings. The first-order valence-corrected chi connectivity index (χ1v) is 14.0. The minimum absolute atomic E-state index is 0.214. The second-order valence-corrected chi connectivity index (χ2v) is 10.8. The lowest BCUT2D eigenvalue weighted by Crippen LogP contribution is -2.31. The fourth-order valence-corrected chi connectivity index (χ4v) is 6.23. The molecule has 0 saturated carbocycles. The van der Waals surface area contributed by atoms with Crippen LogP contribution in [0.3, 0.4) is 0 Å². The zero-order valence-corrected chi connectivity index (χ0v) is 23.4. The summed E-state index contributed by atoms with van der Waals surface area (Å²) >= 11 is 0. The summed E-state index contributed by atoms with van der Waals surface area (Å²) in [7, 11) is 0. The summed E-state index contributed by atoms with van der Waals surface area (Å²) in [5.74, 6) is 0.654. The van der Waals surface area contributed by atoms with Crippen molar-refractivity contribution in [3.8, 4) is 17.2 Å². The first kappa shape index (κ1) is 26.9. The van der Waals surface area contributed by atoms with Crippen LogP contribution in [0.2, 0.25) is 0 Å². The van der Waals surface area contributed by atoms with Crippen LogP contribution in [0.4, 0.5) is 0 Å². The molecule has 6 aromatic carbocycles. The Balaban J connectivity index is 1.59. The van der Waals surface area contributed by atoms with Crippen LogP contribution in [0.25, 0.3) is 0 Å². The highest BCUT2D eigenvalue weighted by atomic mass is 16.3. The first-order chi connectivity index (χ1) is 20.4. The van der Waals surface area contributed by atoms with Gasteiger partial charge in [-0.05, 0) is 82.3 Å². The molecule has 0 amide bonds. The summed E-state index contributed by atoms with van der Waals surface area (Å²) in [4.78, 5) is 0. The average molecular weight is 549 g/mol. The summed E-state index contributed by atoms with van der Waals surface area (Å²) in [5, 5.41) is 30.2. The maximum atomic E-state index is 10.2. The van der Waals surface area contributed by atoms with Crippen molar-refractivity contribution < 1.29 is 15.3 Å². The Morgan fingerprint density at radius 3 is 0.881 bits per heavy atom. The maximum absolute atomic E-state index is 10.2. The second-order valence-electron chi connectivity index (χ2n) is 10.8. The zero-order chi connectivity index (χ0) is 29.2. The van der Waals surface area contributed by atoms with E-state index in [0.29, 0.717) is 0 Å². The van der Waals surface area contributed by atoms with Crippen molar-refractivity contribution in [2.75, 3.05) is 0 Å². The van der Waals surface area contributed by atoms with Gasteiger partial charge in [0.15, 0.2) is 0 Å². The molecule has 42 heavy (non-hydrogen) atoms. The number of phenols is 3. The second kappa shape index (κ2) is 10.9. The van der Waals surface area contributed by atoms with Gasteiger partial charge in [-0.2, -0.15) is 0 Å². The third-order valence-electron chi connectivity index (χ3n) is 8.50. The molecular weight excluding hydrogens is 516 g/mol. The number of hydrogen-bond donors (Lipinski definition) is 3. The third-order valence-corrected chi connectivity index (χ3v) is 8.50. The minimum atomic E-state index is -0.637. The Kier molecular flexibility index (Phi) is 7.02. The van der Waals surface area contributed by atoms with Gasteiger partial charge in [0, 0.05) is 5.41 Å². The predicted molar refractivity (Wildman–Crippen MR) is 168 cm³/mol. The lowest BCUT2D eigenvalue weighted by Gasteiger charge is -2.38. The van der Waals surface area contributed by atoms with Gasteiger partial charge in [-0.3, -0.25) is 0 Å². The van der Waals surface area contributed by atoms with E-state index in [2.05, 4.69) is 79.7 Å². The summed E-state index contributed by atoms with van der Waals surface area (Å²) < 4.78 is 0. The van der Waals surface area contributed by atoms with E-state index < -0.39 is 10.8 Å². The molecule has 0 bridgehead atoms. The van der Waals surface area contributed by atoms with Gasteiger partial charge in [-0.1, -0.05) is 121 Å². The highest BCUT2D eigenvalue weighted by Crippen LogP contribution is 2.47. The van der Waals surface area contributed by atoms with Crippen molar-refractivity contribution in [3.63, 3.8) is 0 Å². The average Bonchev–Trinajstić information content (AvgIpc) is 3.04. The molecule has 0 saturated heterocycles. The van der Waals surface area contributed by atoms with Crippen molar-refractivity contribution in [2.24, 2.45) is 0 Å². The quantitative estimate of drug-likeness (QED) is 0.175. The van der Waals surface area contributed by atoms with Gasteiger partial charge >= 0.3 is 0 Å². The number of benzene rings is 6. The molecule has 6 rings (SSSR count). The van der Waals surface area contributed by atoms with E-state index in [-0.39, 0.29) is 17.2 Å². The zero-order valence-electron chi connectivity index (χ0n) is 23.4. The van der Waals surface area contributed by atoms with Gasteiger partial charge in [0.25, 0.3) is 0 Å². The summed E-state index contributed by atoms with van der Waals surface area (Å²) in [6, 6.07) is 51.8. The largest absolute Gasteiger partial charge is 0.508 e. The monoisotopic (exact) mass is 548 g/mol.